The van der Waals surface area contributed by atoms with E-state index in [1.54, 1.807) is 11.3 Å². The molecule has 2 heterocycles. The van der Waals surface area contributed by atoms with E-state index in [1.807, 2.05) is 53.9 Å². The summed E-state index contributed by atoms with van der Waals surface area (Å²) in [4.78, 5) is 0.956. The predicted octanol–water partition coefficient (Wildman–Crippen LogP) is 3.41. The summed E-state index contributed by atoms with van der Waals surface area (Å²) in [5.74, 6) is 7.83. The second-order valence-corrected chi connectivity index (χ2v) is 7.87. The lowest BCUT2D eigenvalue weighted by Gasteiger charge is -2.12. The van der Waals surface area contributed by atoms with Gasteiger partial charge in [0.15, 0.2) is 5.82 Å². The van der Waals surface area contributed by atoms with Gasteiger partial charge in [0.1, 0.15) is 12.4 Å². The number of aliphatic hydroxyl groups excluding tert-OH is 1. The third kappa shape index (κ3) is 4.08. The zero-order chi connectivity index (χ0) is 18.6. The number of thiophene rings is 1. The van der Waals surface area contributed by atoms with Crippen LogP contribution in [0.1, 0.15) is 0 Å². The SMILES string of the molecule is Nn1c(SCC(O)COc2ccc3ccccc3c2)nnc1-c1cccs1. The van der Waals surface area contributed by atoms with E-state index in [-0.39, 0.29) is 6.61 Å². The van der Waals surface area contributed by atoms with Gasteiger partial charge in [-0.15, -0.1) is 21.5 Å². The molecule has 0 bridgehead atoms. The normalized spacial score (nSPS) is 12.3. The van der Waals surface area contributed by atoms with Gasteiger partial charge in [-0.25, -0.2) is 4.68 Å². The first-order valence-electron chi connectivity index (χ1n) is 8.37. The van der Waals surface area contributed by atoms with Gasteiger partial charge >= 0.3 is 0 Å². The Hall–Kier alpha value is -2.55. The summed E-state index contributed by atoms with van der Waals surface area (Å²) in [6.07, 6.45) is -0.650. The summed E-state index contributed by atoms with van der Waals surface area (Å²) in [5.41, 5.74) is 0. The molecule has 0 saturated heterocycles. The summed E-state index contributed by atoms with van der Waals surface area (Å²) >= 11 is 2.90. The molecule has 4 aromatic rings. The number of nitrogen functional groups attached to an aromatic ring is 1. The minimum Gasteiger partial charge on any atom is -0.491 e. The van der Waals surface area contributed by atoms with E-state index < -0.39 is 6.10 Å². The monoisotopic (exact) mass is 398 g/mol. The van der Waals surface area contributed by atoms with Crippen LogP contribution in [-0.4, -0.2) is 38.4 Å². The molecule has 0 radical (unpaired) electrons. The molecule has 2 aromatic carbocycles. The Kier molecular flexibility index (Phi) is 5.28. The molecular formula is C19H18N4O2S2. The molecule has 0 spiro atoms. The van der Waals surface area contributed by atoms with E-state index in [9.17, 15) is 5.11 Å². The summed E-state index contributed by atoms with van der Waals surface area (Å²) in [6.45, 7) is 0.196. The van der Waals surface area contributed by atoms with Crippen LogP contribution in [-0.2, 0) is 0 Å². The van der Waals surface area contributed by atoms with Crippen molar-refractivity contribution in [3.8, 4) is 16.5 Å². The van der Waals surface area contributed by atoms with Crippen molar-refractivity contribution in [3.05, 3.63) is 60.0 Å². The van der Waals surface area contributed by atoms with Crippen molar-refractivity contribution in [1.29, 1.82) is 0 Å². The number of thioether (sulfide) groups is 1. The number of aliphatic hydroxyl groups is 1. The molecule has 3 N–H and O–H groups in total. The summed E-state index contributed by atoms with van der Waals surface area (Å²) < 4.78 is 7.17. The van der Waals surface area contributed by atoms with Crippen molar-refractivity contribution >= 4 is 33.9 Å². The van der Waals surface area contributed by atoms with Gasteiger partial charge in [0.25, 0.3) is 0 Å². The van der Waals surface area contributed by atoms with Crippen molar-refractivity contribution in [2.45, 2.75) is 11.3 Å². The van der Waals surface area contributed by atoms with Gasteiger partial charge in [0, 0.05) is 5.75 Å². The molecule has 0 aliphatic carbocycles. The highest BCUT2D eigenvalue weighted by Gasteiger charge is 2.15. The lowest BCUT2D eigenvalue weighted by molar-refractivity contribution is 0.126. The highest BCUT2D eigenvalue weighted by molar-refractivity contribution is 7.99. The number of ether oxygens (including phenoxy) is 1. The first-order chi connectivity index (χ1) is 13.2. The first kappa shape index (κ1) is 17.8. The van der Waals surface area contributed by atoms with Crippen LogP contribution in [0.25, 0.3) is 21.5 Å². The Morgan fingerprint density at radius 1 is 1.11 bits per heavy atom. The zero-order valence-corrected chi connectivity index (χ0v) is 16.0. The molecule has 0 fully saturated rings. The van der Waals surface area contributed by atoms with E-state index in [4.69, 9.17) is 10.6 Å². The van der Waals surface area contributed by atoms with Crippen LogP contribution in [0.5, 0.6) is 5.75 Å². The quantitative estimate of drug-likeness (QED) is 0.366. The predicted molar refractivity (Wildman–Crippen MR) is 110 cm³/mol. The third-order valence-corrected chi connectivity index (χ3v) is 5.93. The maximum atomic E-state index is 10.2. The van der Waals surface area contributed by atoms with Crippen LogP contribution in [0.15, 0.2) is 65.1 Å². The number of hydrogen-bond donors (Lipinski definition) is 2. The van der Waals surface area contributed by atoms with Crippen LogP contribution in [0, 0.1) is 0 Å². The molecule has 4 rings (SSSR count). The first-order valence-corrected chi connectivity index (χ1v) is 10.2. The average Bonchev–Trinajstić information content (AvgIpc) is 3.34. The second-order valence-electron chi connectivity index (χ2n) is 5.94. The second kappa shape index (κ2) is 7.99. The number of hydrogen-bond acceptors (Lipinski definition) is 7. The van der Waals surface area contributed by atoms with Gasteiger partial charge in [0.05, 0.1) is 11.0 Å². The van der Waals surface area contributed by atoms with Crippen molar-refractivity contribution in [1.82, 2.24) is 14.9 Å². The highest BCUT2D eigenvalue weighted by atomic mass is 32.2. The van der Waals surface area contributed by atoms with Gasteiger partial charge in [-0.05, 0) is 34.4 Å². The molecular weight excluding hydrogens is 380 g/mol. The minimum atomic E-state index is -0.650. The number of nitrogens with two attached hydrogens (primary N) is 1. The highest BCUT2D eigenvalue weighted by Crippen LogP contribution is 2.25. The summed E-state index contributed by atoms with van der Waals surface area (Å²) in [6, 6.07) is 17.9. The van der Waals surface area contributed by atoms with E-state index in [1.165, 1.54) is 16.4 Å². The van der Waals surface area contributed by atoms with Crippen molar-refractivity contribution in [2.24, 2.45) is 0 Å². The van der Waals surface area contributed by atoms with E-state index >= 15 is 0 Å². The Morgan fingerprint density at radius 3 is 2.78 bits per heavy atom. The number of fused-ring (bicyclic) bond motifs is 1. The molecule has 0 saturated carbocycles. The Labute approximate surface area is 164 Å². The molecule has 0 amide bonds. The van der Waals surface area contributed by atoms with Crippen LogP contribution in [0.2, 0.25) is 0 Å². The molecule has 2 aromatic heterocycles. The third-order valence-electron chi connectivity index (χ3n) is 3.97. The number of rotatable bonds is 7. The van der Waals surface area contributed by atoms with Gasteiger partial charge in [-0.1, -0.05) is 48.2 Å². The molecule has 27 heavy (non-hydrogen) atoms. The zero-order valence-electron chi connectivity index (χ0n) is 14.4. The molecule has 0 aliphatic heterocycles. The van der Waals surface area contributed by atoms with Gasteiger partial charge in [0.2, 0.25) is 5.16 Å². The van der Waals surface area contributed by atoms with Gasteiger partial charge in [-0.2, -0.15) is 0 Å². The largest absolute Gasteiger partial charge is 0.491 e. The molecule has 1 unspecified atom stereocenters. The molecule has 1 atom stereocenters. The number of aromatic nitrogens is 3. The van der Waals surface area contributed by atoms with Crippen LogP contribution in [0.3, 0.4) is 0 Å². The Morgan fingerprint density at radius 2 is 1.96 bits per heavy atom. The number of benzene rings is 2. The summed E-state index contributed by atoms with van der Waals surface area (Å²) in [5, 5.41) is 23.2. The molecule has 6 nitrogen and oxygen atoms in total. The Bertz CT molecular complexity index is 1030. The lowest BCUT2D eigenvalue weighted by atomic mass is 10.1. The fourth-order valence-corrected chi connectivity index (χ4v) is 4.08. The molecule has 8 heteroatoms. The van der Waals surface area contributed by atoms with Crippen molar-refractivity contribution in [3.63, 3.8) is 0 Å². The lowest BCUT2D eigenvalue weighted by Crippen LogP contribution is -2.21. The molecule has 138 valence electrons. The topological polar surface area (TPSA) is 86.2 Å². The van der Waals surface area contributed by atoms with Crippen LogP contribution < -0.4 is 10.6 Å². The van der Waals surface area contributed by atoms with E-state index in [0.29, 0.717) is 16.7 Å². The van der Waals surface area contributed by atoms with Gasteiger partial charge in [-0.3, -0.25) is 0 Å². The number of nitrogens with zero attached hydrogens (tertiary/aromatic N) is 3. The maximum Gasteiger partial charge on any atom is 0.210 e. The van der Waals surface area contributed by atoms with E-state index in [0.717, 1.165) is 21.4 Å². The smallest absolute Gasteiger partial charge is 0.210 e. The van der Waals surface area contributed by atoms with Crippen LogP contribution in [0.4, 0.5) is 0 Å². The summed E-state index contributed by atoms with van der Waals surface area (Å²) in [7, 11) is 0. The fourth-order valence-electron chi connectivity index (χ4n) is 2.62. The Balaban J connectivity index is 1.32. The van der Waals surface area contributed by atoms with Crippen molar-refractivity contribution < 1.29 is 9.84 Å². The van der Waals surface area contributed by atoms with Gasteiger partial charge < -0.3 is 15.7 Å². The maximum absolute atomic E-state index is 10.2. The van der Waals surface area contributed by atoms with Crippen molar-refractivity contribution in [2.75, 3.05) is 18.2 Å². The standard InChI is InChI=1S/C19H18N4O2S2/c20-23-18(17-6-3-9-26-17)21-22-19(23)27-12-15(24)11-25-16-8-7-13-4-1-2-5-14(13)10-16/h1-10,15,24H,11-12,20H2. The van der Waals surface area contributed by atoms with Crippen LogP contribution >= 0.6 is 23.1 Å². The fraction of sp³-hybridized carbons (Fsp3) is 0.158. The average molecular weight is 399 g/mol. The minimum absolute atomic E-state index is 0.196. The van der Waals surface area contributed by atoms with E-state index in [2.05, 4.69) is 16.3 Å². The molecule has 0 aliphatic rings.